The topological polar surface area (TPSA) is 29.3 Å². The molecule has 0 aromatic heterocycles. The lowest BCUT2D eigenvalue weighted by atomic mass is 9.95. The lowest BCUT2D eigenvalue weighted by Gasteiger charge is -2.30. The summed E-state index contributed by atoms with van der Waals surface area (Å²) in [6.45, 7) is 4.43. The highest BCUT2D eigenvalue weighted by molar-refractivity contribution is 5.59. The highest BCUT2D eigenvalue weighted by Crippen LogP contribution is 2.37. The average Bonchev–Trinajstić information content (AvgIpc) is 2.95. The summed E-state index contributed by atoms with van der Waals surface area (Å²) < 4.78 is 0. The molecular formula is C16H24N2. The summed E-state index contributed by atoms with van der Waals surface area (Å²) in [5.41, 5.74) is 8.90. The second-order valence-electron chi connectivity index (χ2n) is 6.02. The zero-order valence-corrected chi connectivity index (χ0v) is 11.3. The summed E-state index contributed by atoms with van der Waals surface area (Å²) in [5.74, 6) is 1.56. The van der Waals surface area contributed by atoms with Gasteiger partial charge in [0.15, 0.2) is 0 Å². The summed E-state index contributed by atoms with van der Waals surface area (Å²) in [6, 6.07) is 9.54. The second-order valence-corrected chi connectivity index (χ2v) is 6.02. The van der Waals surface area contributed by atoms with E-state index in [0.717, 1.165) is 18.4 Å². The number of nitrogens with two attached hydrogens (primary N) is 1. The van der Waals surface area contributed by atoms with Crippen molar-refractivity contribution in [2.45, 2.75) is 38.6 Å². The Morgan fingerprint density at radius 2 is 2.00 bits per heavy atom. The molecule has 0 amide bonds. The standard InChI is InChI=1S/C16H24N2/c1-12-9-13-5-2-3-8-16(13)18(12)11-15-7-4-6-14(15)10-17/h2-3,5,8,12,14-15H,4,6-7,9-11,17H2,1H3. The van der Waals surface area contributed by atoms with E-state index in [1.807, 2.05) is 0 Å². The SMILES string of the molecule is CC1Cc2ccccc2N1CC1CCCC1CN. The normalized spacial score (nSPS) is 30.8. The Hall–Kier alpha value is -1.02. The summed E-state index contributed by atoms with van der Waals surface area (Å²) in [7, 11) is 0. The van der Waals surface area contributed by atoms with Crippen molar-refractivity contribution < 1.29 is 0 Å². The van der Waals surface area contributed by atoms with E-state index in [2.05, 4.69) is 36.1 Å². The van der Waals surface area contributed by atoms with Crippen molar-refractivity contribution >= 4 is 5.69 Å². The van der Waals surface area contributed by atoms with Crippen LogP contribution in [-0.2, 0) is 6.42 Å². The van der Waals surface area contributed by atoms with Crippen molar-refractivity contribution in [1.29, 1.82) is 0 Å². The molecule has 3 unspecified atom stereocenters. The summed E-state index contributed by atoms with van der Waals surface area (Å²) in [5, 5.41) is 0. The molecule has 3 atom stereocenters. The number of rotatable bonds is 3. The van der Waals surface area contributed by atoms with Crippen LogP contribution in [0.25, 0.3) is 0 Å². The van der Waals surface area contributed by atoms with Crippen LogP contribution in [0.1, 0.15) is 31.7 Å². The van der Waals surface area contributed by atoms with Crippen molar-refractivity contribution in [3.05, 3.63) is 29.8 Å². The van der Waals surface area contributed by atoms with Gasteiger partial charge in [-0.2, -0.15) is 0 Å². The van der Waals surface area contributed by atoms with Gasteiger partial charge in [-0.1, -0.05) is 24.6 Å². The minimum absolute atomic E-state index is 0.654. The van der Waals surface area contributed by atoms with Crippen molar-refractivity contribution in [2.24, 2.45) is 17.6 Å². The zero-order valence-electron chi connectivity index (χ0n) is 11.3. The zero-order chi connectivity index (χ0) is 12.5. The molecule has 1 aliphatic carbocycles. The van der Waals surface area contributed by atoms with Gasteiger partial charge in [-0.3, -0.25) is 0 Å². The van der Waals surface area contributed by atoms with E-state index >= 15 is 0 Å². The number of anilines is 1. The Morgan fingerprint density at radius 1 is 1.22 bits per heavy atom. The van der Waals surface area contributed by atoms with E-state index in [9.17, 15) is 0 Å². The van der Waals surface area contributed by atoms with E-state index in [4.69, 9.17) is 5.73 Å². The number of benzene rings is 1. The largest absolute Gasteiger partial charge is 0.368 e. The fourth-order valence-corrected chi connectivity index (χ4v) is 3.82. The van der Waals surface area contributed by atoms with Gasteiger partial charge in [-0.15, -0.1) is 0 Å². The maximum absolute atomic E-state index is 5.91. The van der Waals surface area contributed by atoms with Gasteiger partial charge in [0.1, 0.15) is 0 Å². The number of nitrogens with zero attached hydrogens (tertiary/aromatic N) is 1. The number of fused-ring (bicyclic) bond motifs is 1. The van der Waals surface area contributed by atoms with E-state index in [1.54, 1.807) is 0 Å². The number of para-hydroxylation sites is 1. The molecule has 0 spiro atoms. The number of hydrogen-bond acceptors (Lipinski definition) is 2. The van der Waals surface area contributed by atoms with Crippen molar-refractivity contribution in [3.8, 4) is 0 Å². The first-order valence-corrected chi connectivity index (χ1v) is 7.34. The quantitative estimate of drug-likeness (QED) is 0.886. The molecule has 1 fully saturated rings. The van der Waals surface area contributed by atoms with Gasteiger partial charge in [0.25, 0.3) is 0 Å². The van der Waals surface area contributed by atoms with Crippen LogP contribution in [0, 0.1) is 11.8 Å². The van der Waals surface area contributed by atoms with Gasteiger partial charge in [-0.05, 0) is 56.2 Å². The molecular weight excluding hydrogens is 220 g/mol. The Morgan fingerprint density at radius 3 is 2.83 bits per heavy atom. The maximum Gasteiger partial charge on any atom is 0.0402 e. The first-order valence-electron chi connectivity index (χ1n) is 7.34. The third-order valence-electron chi connectivity index (χ3n) is 4.90. The average molecular weight is 244 g/mol. The van der Waals surface area contributed by atoms with Crippen molar-refractivity contribution in [3.63, 3.8) is 0 Å². The van der Waals surface area contributed by atoms with Crippen molar-refractivity contribution in [2.75, 3.05) is 18.0 Å². The molecule has 1 aromatic rings. The molecule has 98 valence electrons. The highest BCUT2D eigenvalue weighted by atomic mass is 15.2. The fourth-order valence-electron chi connectivity index (χ4n) is 3.82. The molecule has 1 aliphatic heterocycles. The molecule has 1 aromatic carbocycles. The monoisotopic (exact) mass is 244 g/mol. The Labute approximate surface area is 110 Å². The van der Waals surface area contributed by atoms with Crippen molar-refractivity contribution in [1.82, 2.24) is 0 Å². The molecule has 3 rings (SSSR count). The van der Waals surface area contributed by atoms with E-state index < -0.39 is 0 Å². The summed E-state index contributed by atoms with van der Waals surface area (Å²) in [4.78, 5) is 2.62. The third kappa shape index (κ3) is 2.03. The predicted octanol–water partition coefficient (Wildman–Crippen LogP) is 2.81. The van der Waals surface area contributed by atoms with Crippen LogP contribution in [-0.4, -0.2) is 19.1 Å². The van der Waals surface area contributed by atoms with Crippen LogP contribution >= 0.6 is 0 Å². The lowest BCUT2D eigenvalue weighted by molar-refractivity contribution is 0.388. The molecule has 0 bridgehead atoms. The highest BCUT2D eigenvalue weighted by Gasteiger charge is 2.32. The first-order chi connectivity index (χ1) is 8.79. The third-order valence-corrected chi connectivity index (χ3v) is 4.90. The molecule has 2 N–H and O–H groups in total. The van der Waals surface area contributed by atoms with Crippen LogP contribution in [0.2, 0.25) is 0 Å². The van der Waals surface area contributed by atoms with Gasteiger partial charge < -0.3 is 10.6 Å². The van der Waals surface area contributed by atoms with Crippen LogP contribution < -0.4 is 10.6 Å². The van der Waals surface area contributed by atoms with Crippen LogP contribution in [0.4, 0.5) is 5.69 Å². The predicted molar refractivity (Wildman–Crippen MR) is 76.8 cm³/mol. The fraction of sp³-hybridized carbons (Fsp3) is 0.625. The molecule has 1 heterocycles. The molecule has 2 nitrogen and oxygen atoms in total. The van der Waals surface area contributed by atoms with Crippen LogP contribution in [0.5, 0.6) is 0 Å². The minimum Gasteiger partial charge on any atom is -0.368 e. The summed E-state index contributed by atoms with van der Waals surface area (Å²) >= 11 is 0. The lowest BCUT2D eigenvalue weighted by Crippen LogP contribution is -2.36. The first kappa shape index (κ1) is 12.0. The second kappa shape index (κ2) is 4.93. The van der Waals surface area contributed by atoms with Gasteiger partial charge in [0.05, 0.1) is 0 Å². The van der Waals surface area contributed by atoms with Crippen LogP contribution in [0.15, 0.2) is 24.3 Å². The molecule has 2 heteroatoms. The van der Waals surface area contributed by atoms with Gasteiger partial charge in [-0.25, -0.2) is 0 Å². The number of hydrogen-bond donors (Lipinski definition) is 1. The van der Waals surface area contributed by atoms with Gasteiger partial charge >= 0.3 is 0 Å². The van der Waals surface area contributed by atoms with Gasteiger partial charge in [0, 0.05) is 18.3 Å². The minimum atomic E-state index is 0.654. The molecule has 0 radical (unpaired) electrons. The van der Waals surface area contributed by atoms with E-state index in [1.165, 1.54) is 43.5 Å². The Kier molecular flexibility index (Phi) is 3.29. The maximum atomic E-state index is 5.91. The molecule has 1 saturated carbocycles. The van der Waals surface area contributed by atoms with E-state index in [0.29, 0.717) is 6.04 Å². The summed E-state index contributed by atoms with van der Waals surface area (Å²) in [6.07, 6.45) is 5.28. The van der Waals surface area contributed by atoms with Gasteiger partial charge in [0.2, 0.25) is 0 Å². The molecule has 18 heavy (non-hydrogen) atoms. The molecule has 2 aliphatic rings. The smallest absolute Gasteiger partial charge is 0.0402 e. The van der Waals surface area contributed by atoms with E-state index in [-0.39, 0.29) is 0 Å². The Balaban J connectivity index is 1.76. The Bertz CT molecular complexity index is 415. The molecule has 0 saturated heterocycles. The van der Waals surface area contributed by atoms with Crippen LogP contribution in [0.3, 0.4) is 0 Å².